The van der Waals surface area contributed by atoms with Crippen molar-refractivity contribution in [1.29, 1.82) is 0 Å². The summed E-state index contributed by atoms with van der Waals surface area (Å²) in [6.45, 7) is 1.36. The summed E-state index contributed by atoms with van der Waals surface area (Å²) in [4.78, 5) is 36.5. The summed E-state index contributed by atoms with van der Waals surface area (Å²) in [5, 5.41) is 1.69. The predicted octanol–water partition coefficient (Wildman–Crippen LogP) is 5.08. The molecule has 3 aromatic carbocycles. The molecule has 0 radical (unpaired) electrons. The van der Waals surface area contributed by atoms with Crippen molar-refractivity contribution in [2.24, 2.45) is 0 Å². The Labute approximate surface area is 183 Å². The van der Waals surface area contributed by atoms with Crippen molar-refractivity contribution < 1.29 is 16.7 Å². The Morgan fingerprint density at radius 1 is 0.774 bits per heavy atom. The van der Waals surface area contributed by atoms with Crippen molar-refractivity contribution >= 4 is 59.1 Å². The Bertz CT molecular complexity index is 1600. The van der Waals surface area contributed by atoms with E-state index in [0.29, 0.717) is 27.5 Å². The van der Waals surface area contributed by atoms with E-state index in [4.69, 9.17) is 11.9 Å². The van der Waals surface area contributed by atoms with E-state index >= 15 is 0 Å². The van der Waals surface area contributed by atoms with Gasteiger partial charge in [0.1, 0.15) is 0 Å². The third kappa shape index (κ3) is 3.61. The van der Waals surface area contributed by atoms with Crippen LogP contribution >= 0.6 is 20.2 Å². The molecule has 5 rings (SSSR count). The van der Waals surface area contributed by atoms with Gasteiger partial charge in [-0.05, 0) is 0 Å². The van der Waals surface area contributed by atoms with Crippen molar-refractivity contribution in [3.8, 4) is 0 Å². The zero-order valence-electron chi connectivity index (χ0n) is 16.3. The maximum atomic E-state index is 13.0. The number of para-hydroxylation sites is 1. The zero-order valence-corrected chi connectivity index (χ0v) is 18.4. The van der Waals surface area contributed by atoms with Gasteiger partial charge in [0.05, 0.1) is 0 Å². The number of carbonyl (C=O) groups is 1. The molecule has 0 fully saturated rings. The Morgan fingerprint density at radius 3 is 2.32 bits per heavy atom. The van der Waals surface area contributed by atoms with Crippen molar-refractivity contribution in [2.75, 3.05) is 0 Å². The van der Waals surface area contributed by atoms with Gasteiger partial charge in [0.15, 0.2) is 0 Å². The van der Waals surface area contributed by atoms with Crippen molar-refractivity contribution in [1.82, 2.24) is 0 Å². The molecule has 0 unspecified atom stereocenters. The molecule has 2 aromatic heterocycles. The fourth-order valence-electron chi connectivity index (χ4n) is 3.35. The third-order valence-electron chi connectivity index (χ3n) is 4.71. The number of halogens is 1. The third-order valence-corrected chi connectivity index (χ3v) is 9.37. The number of hydrogen-bond donors (Lipinski definition) is 0. The first-order chi connectivity index (χ1) is 15.0. The molecule has 0 aliphatic heterocycles. The number of carbonyl (C=O) groups excluding carboxylic acids is 1. The van der Waals surface area contributed by atoms with Gasteiger partial charge >= 0.3 is 183 Å². The molecular formula is C24H15IO6. The van der Waals surface area contributed by atoms with Gasteiger partial charge in [-0.2, -0.15) is 0 Å². The fraction of sp³-hybridized carbons (Fsp3) is 0.0417. The van der Waals surface area contributed by atoms with E-state index in [-0.39, 0.29) is 5.43 Å². The molecule has 0 bridgehead atoms. The molecule has 0 aliphatic carbocycles. The summed E-state index contributed by atoms with van der Waals surface area (Å²) in [5.41, 5.74) is 0.823. The normalized spacial score (nSPS) is 11.7. The summed E-state index contributed by atoms with van der Waals surface area (Å²) in [6, 6.07) is 20.8. The minimum atomic E-state index is -2.73. The molecule has 6 nitrogen and oxygen atoms in total. The monoisotopic (exact) mass is 526 g/mol. The van der Waals surface area contributed by atoms with Gasteiger partial charge in [0, 0.05) is 0 Å². The van der Waals surface area contributed by atoms with E-state index in [1.807, 2.05) is 24.3 Å². The van der Waals surface area contributed by atoms with Gasteiger partial charge in [0.2, 0.25) is 0 Å². The fourth-order valence-corrected chi connectivity index (χ4v) is 7.37. The van der Waals surface area contributed by atoms with Crippen molar-refractivity contribution in [3.63, 3.8) is 0 Å². The number of rotatable bonds is 3. The van der Waals surface area contributed by atoms with Gasteiger partial charge in [-0.1, -0.05) is 0 Å². The van der Waals surface area contributed by atoms with Crippen molar-refractivity contribution in [3.05, 3.63) is 101 Å². The first-order valence-electron chi connectivity index (χ1n) is 9.38. The number of fused-ring (bicyclic) bond motifs is 3. The van der Waals surface area contributed by atoms with Gasteiger partial charge in [-0.25, -0.2) is 0 Å². The summed E-state index contributed by atoms with van der Waals surface area (Å²) in [5.74, 6) is -0.412. The van der Waals surface area contributed by atoms with Crippen LogP contribution in [0.3, 0.4) is 0 Å². The molecular weight excluding hydrogens is 511 g/mol. The molecule has 2 heterocycles. The second kappa shape index (κ2) is 7.66. The van der Waals surface area contributed by atoms with Crippen LogP contribution in [0.5, 0.6) is 0 Å². The van der Waals surface area contributed by atoms with E-state index in [1.54, 1.807) is 42.5 Å². The van der Waals surface area contributed by atoms with Gasteiger partial charge in [-0.15, -0.1) is 0 Å². The SMILES string of the molecule is CC(=O)OI(c1ccc2ccc(=O)oc2c1)c1ccc2oc3ccccc3c(=O)c2c1. The predicted molar refractivity (Wildman–Crippen MR) is 126 cm³/mol. The average Bonchev–Trinajstić information content (AvgIpc) is 2.77. The van der Waals surface area contributed by atoms with Crippen LogP contribution in [0.25, 0.3) is 32.9 Å². The molecule has 154 valence electrons. The Balaban J connectivity index is 1.70. The van der Waals surface area contributed by atoms with E-state index in [1.165, 1.54) is 13.0 Å². The van der Waals surface area contributed by atoms with Crippen LogP contribution in [0, 0.1) is 7.14 Å². The molecule has 0 spiro atoms. The number of hydrogen-bond acceptors (Lipinski definition) is 6. The van der Waals surface area contributed by atoms with E-state index in [2.05, 4.69) is 0 Å². The van der Waals surface area contributed by atoms with Crippen molar-refractivity contribution in [2.45, 2.75) is 6.92 Å². The average molecular weight is 526 g/mol. The standard InChI is InChI=1S/C24H15IO6/c1-14(26)31-25(17-8-6-15-7-11-23(27)30-22(15)13-17)16-9-10-21-19(12-16)24(28)18-4-2-3-5-20(18)29-21/h2-13H,1H3. The van der Waals surface area contributed by atoms with E-state index in [0.717, 1.165) is 12.5 Å². The topological polar surface area (TPSA) is 86.7 Å². The summed E-state index contributed by atoms with van der Waals surface area (Å²) >= 11 is -2.73. The molecule has 5 aromatic rings. The van der Waals surface area contributed by atoms with Crippen LogP contribution < -0.4 is 11.1 Å². The Kier molecular flexibility index (Phi) is 4.82. The Hall–Kier alpha value is -3.46. The van der Waals surface area contributed by atoms with Crippen LogP contribution in [-0.2, 0) is 7.86 Å². The van der Waals surface area contributed by atoms with E-state index in [9.17, 15) is 14.4 Å². The maximum absolute atomic E-state index is 13.0. The molecule has 0 aliphatic rings. The molecule has 0 amide bonds. The molecule has 0 atom stereocenters. The summed E-state index contributed by atoms with van der Waals surface area (Å²) in [6.07, 6.45) is 0. The van der Waals surface area contributed by atoms with E-state index < -0.39 is 31.8 Å². The molecule has 0 N–H and O–H groups in total. The minimum absolute atomic E-state index is 0.137. The first-order valence-corrected chi connectivity index (χ1v) is 12.4. The molecule has 0 saturated heterocycles. The summed E-state index contributed by atoms with van der Waals surface area (Å²) in [7, 11) is 0. The van der Waals surface area contributed by atoms with Crippen LogP contribution in [0.4, 0.5) is 0 Å². The van der Waals surface area contributed by atoms with Crippen LogP contribution in [0.1, 0.15) is 6.92 Å². The van der Waals surface area contributed by atoms with Crippen LogP contribution in [-0.4, -0.2) is 5.97 Å². The van der Waals surface area contributed by atoms with Crippen LogP contribution in [0.15, 0.2) is 91.2 Å². The first kappa shape index (κ1) is 19.5. The zero-order chi connectivity index (χ0) is 21.5. The Morgan fingerprint density at radius 2 is 1.48 bits per heavy atom. The van der Waals surface area contributed by atoms with Gasteiger partial charge < -0.3 is 0 Å². The second-order valence-electron chi connectivity index (χ2n) is 6.82. The molecule has 0 saturated carbocycles. The van der Waals surface area contributed by atoms with Gasteiger partial charge in [0.25, 0.3) is 0 Å². The molecule has 31 heavy (non-hydrogen) atoms. The number of benzene rings is 3. The summed E-state index contributed by atoms with van der Waals surface area (Å²) < 4.78 is 18.4. The molecule has 7 heteroatoms. The second-order valence-corrected chi connectivity index (χ2v) is 11.2. The van der Waals surface area contributed by atoms with Gasteiger partial charge in [-0.3, -0.25) is 0 Å². The van der Waals surface area contributed by atoms with Crippen LogP contribution in [0.2, 0.25) is 0 Å². The quantitative estimate of drug-likeness (QED) is 0.185.